The van der Waals surface area contributed by atoms with E-state index in [1.165, 1.54) is 5.56 Å². The van der Waals surface area contributed by atoms with E-state index in [0.29, 0.717) is 28.5 Å². The van der Waals surface area contributed by atoms with Crippen molar-refractivity contribution in [2.24, 2.45) is 0 Å². The van der Waals surface area contributed by atoms with E-state index in [1.54, 1.807) is 0 Å². The summed E-state index contributed by atoms with van der Waals surface area (Å²) < 4.78 is 39.7. The lowest BCUT2D eigenvalue weighted by Crippen LogP contribution is -2.10. The number of hydrogen-bond donors (Lipinski definition) is 0. The minimum absolute atomic E-state index is 0.515. The molecule has 108 heavy (non-hydrogen) atoms. The summed E-state index contributed by atoms with van der Waals surface area (Å²) in [6.45, 7) is 0. The number of nitrogens with zero attached hydrogens (tertiary/aromatic N) is 4. The van der Waals surface area contributed by atoms with E-state index in [1.807, 2.05) is 66.7 Å². The molecule has 0 saturated heterocycles. The van der Waals surface area contributed by atoms with Crippen LogP contribution in [0.3, 0.4) is 0 Å². The molecule has 6 heterocycles. The van der Waals surface area contributed by atoms with E-state index in [4.69, 9.17) is 36.5 Å². The Morgan fingerprint density at radius 1 is 0.194 bits per heavy atom. The normalized spacial score (nSPS) is 11.9. The number of furan rings is 4. The molecule has 16 aromatic carbocycles. The second-order valence-electron chi connectivity index (χ2n) is 27.5. The van der Waals surface area contributed by atoms with Gasteiger partial charge in [-0.1, -0.05) is 194 Å². The second kappa shape index (κ2) is 24.5. The van der Waals surface area contributed by atoms with Gasteiger partial charge in [0, 0.05) is 101 Å². The van der Waals surface area contributed by atoms with Crippen LogP contribution < -0.4 is 9.80 Å². The maximum atomic E-state index is 7.08. The number of anilines is 6. The summed E-state index contributed by atoms with van der Waals surface area (Å²) in [5.41, 5.74) is 27.6. The third-order valence-corrected chi connectivity index (χ3v) is 21.2. The predicted octanol–water partition coefficient (Wildman–Crippen LogP) is 28.2. The van der Waals surface area contributed by atoms with Gasteiger partial charge < -0.3 is 36.3 Å². The second-order valence-corrected chi connectivity index (χ2v) is 27.5. The van der Waals surface area contributed by atoms with Crippen molar-refractivity contribution in [1.29, 1.82) is 0 Å². The Hall–Kier alpha value is -14.7. The van der Waals surface area contributed by atoms with Gasteiger partial charge in [0.1, 0.15) is 50.1 Å². The highest BCUT2D eigenvalue weighted by Crippen LogP contribution is 2.48. The first kappa shape index (κ1) is 60.8. The highest BCUT2D eigenvalue weighted by molar-refractivity contribution is 6.17. The average Bonchev–Trinajstić information content (AvgIpc) is 1.58. The Kier molecular flexibility index (Phi) is 13.8. The number of benzene rings is 16. The van der Waals surface area contributed by atoms with Crippen molar-refractivity contribution in [2.75, 3.05) is 9.80 Å². The van der Waals surface area contributed by atoms with Crippen LogP contribution >= 0.6 is 0 Å². The predicted molar refractivity (Wildman–Crippen MR) is 438 cm³/mol. The topological polar surface area (TPSA) is 111 Å². The van der Waals surface area contributed by atoms with E-state index in [9.17, 15) is 0 Å². The van der Waals surface area contributed by atoms with Gasteiger partial charge in [-0.15, -0.1) is 0 Å². The van der Waals surface area contributed by atoms with E-state index >= 15 is 0 Å². The van der Waals surface area contributed by atoms with Crippen molar-refractivity contribution < 1.29 is 26.5 Å². The molecule has 0 bridgehead atoms. The number of rotatable bonds is 13. The summed E-state index contributed by atoms with van der Waals surface area (Å²) in [7, 11) is 0. The summed E-state index contributed by atoms with van der Waals surface area (Å²) in [5.74, 6) is 1.10. The molecule has 0 aliphatic heterocycles. The zero-order chi connectivity index (χ0) is 70.9. The largest absolute Gasteiger partial charge is 0.456 e. The van der Waals surface area contributed by atoms with Gasteiger partial charge in [-0.3, -0.25) is 0 Å². The van der Waals surface area contributed by atoms with Gasteiger partial charge in [-0.25, -0.2) is 9.97 Å². The van der Waals surface area contributed by atoms with Crippen LogP contribution in [0.25, 0.3) is 188 Å². The first-order valence-corrected chi connectivity index (χ1v) is 36.1. The summed E-state index contributed by atoms with van der Waals surface area (Å²) >= 11 is 0. The third kappa shape index (κ3) is 10.3. The van der Waals surface area contributed by atoms with Gasteiger partial charge in [0.2, 0.25) is 11.8 Å². The molecule has 0 N–H and O–H groups in total. The minimum atomic E-state index is 0.515. The van der Waals surface area contributed by atoms with Crippen molar-refractivity contribution in [3.63, 3.8) is 0 Å². The molecule has 0 aliphatic carbocycles. The van der Waals surface area contributed by atoms with Gasteiger partial charge in [0.15, 0.2) is 16.7 Å². The van der Waals surface area contributed by atoms with Crippen LogP contribution in [0.4, 0.5) is 34.1 Å². The van der Waals surface area contributed by atoms with Crippen LogP contribution in [0.2, 0.25) is 0 Å². The fourth-order valence-corrected chi connectivity index (χ4v) is 15.9. The van der Waals surface area contributed by atoms with E-state index in [-0.39, 0.29) is 0 Å². The highest BCUT2D eigenvalue weighted by atomic mass is 16.4. The van der Waals surface area contributed by atoms with Crippen molar-refractivity contribution in [3.8, 4) is 78.5 Å². The first-order chi connectivity index (χ1) is 53.4. The van der Waals surface area contributed by atoms with Crippen molar-refractivity contribution in [3.05, 3.63) is 352 Å². The van der Waals surface area contributed by atoms with Crippen LogP contribution in [0.5, 0.6) is 0 Å². The van der Waals surface area contributed by atoms with Crippen LogP contribution in [0, 0.1) is 0 Å². The maximum Gasteiger partial charge on any atom is 0.227 e. The third-order valence-electron chi connectivity index (χ3n) is 21.2. The molecular formula is C98H58N4O6. The smallest absolute Gasteiger partial charge is 0.227 e. The molecule has 10 heteroatoms. The van der Waals surface area contributed by atoms with Crippen LogP contribution in [0.15, 0.2) is 378 Å². The van der Waals surface area contributed by atoms with Crippen molar-refractivity contribution >= 4 is 144 Å². The van der Waals surface area contributed by atoms with Crippen LogP contribution in [-0.2, 0) is 0 Å². The molecule has 0 saturated carbocycles. The molecule has 0 unspecified atom stereocenters. The molecule has 506 valence electrons. The number of hydrogen-bond acceptors (Lipinski definition) is 10. The quantitative estimate of drug-likeness (QED) is 0.111. The van der Waals surface area contributed by atoms with Crippen molar-refractivity contribution in [1.82, 2.24) is 9.97 Å². The molecule has 0 spiro atoms. The van der Waals surface area contributed by atoms with E-state index in [2.05, 4.69) is 295 Å². The average molecular weight is 1390 g/mol. The molecule has 0 aliphatic rings. The lowest BCUT2D eigenvalue weighted by molar-refractivity contribution is 0.617. The molecule has 0 fully saturated rings. The van der Waals surface area contributed by atoms with Crippen molar-refractivity contribution in [2.45, 2.75) is 0 Å². The Balaban J connectivity index is 0.562. The Labute approximate surface area is 617 Å². The fourth-order valence-electron chi connectivity index (χ4n) is 15.9. The number of aromatic nitrogens is 2. The molecule has 6 aromatic heterocycles. The van der Waals surface area contributed by atoms with Gasteiger partial charge in [0.05, 0.1) is 5.69 Å². The summed E-state index contributed by atoms with van der Waals surface area (Å²) in [6.07, 6.45) is 0. The summed E-state index contributed by atoms with van der Waals surface area (Å²) in [6, 6.07) is 123. The minimum Gasteiger partial charge on any atom is -0.456 e. The lowest BCUT2D eigenvalue weighted by atomic mass is 9.97. The van der Waals surface area contributed by atoms with E-state index < -0.39 is 0 Å². The number of oxazole rings is 2. The molecule has 22 aromatic rings. The van der Waals surface area contributed by atoms with Gasteiger partial charge in [-0.2, -0.15) is 0 Å². The fraction of sp³-hybridized carbons (Fsp3) is 0. The molecule has 0 atom stereocenters. The summed E-state index contributed by atoms with van der Waals surface area (Å²) in [5, 5.41) is 8.14. The first-order valence-electron chi connectivity index (χ1n) is 36.1. The lowest BCUT2D eigenvalue weighted by Gasteiger charge is -2.26. The maximum absolute atomic E-state index is 7.08. The van der Waals surface area contributed by atoms with Gasteiger partial charge >= 0.3 is 0 Å². The molecule has 22 rings (SSSR count). The Bertz CT molecular complexity index is 7270. The Morgan fingerprint density at radius 3 is 1.24 bits per heavy atom. The van der Waals surface area contributed by atoms with E-state index in [0.717, 1.165) is 189 Å². The zero-order valence-electron chi connectivity index (χ0n) is 57.7. The molecular weight excluding hydrogens is 1330 g/mol. The number of para-hydroxylation sites is 2. The monoisotopic (exact) mass is 1390 g/mol. The van der Waals surface area contributed by atoms with Crippen LogP contribution in [0.1, 0.15) is 0 Å². The Morgan fingerprint density at radius 2 is 0.602 bits per heavy atom. The van der Waals surface area contributed by atoms with Crippen LogP contribution in [-0.4, -0.2) is 9.97 Å². The SMILES string of the molecule is c1ccc(-c2ccc(N(c3ccc(-c4ccc5c(c4)oc4cc6nc(-c7cccc(-c8cccc9oc%10c(N(c%11ccc(-c%12ccccc%12)cc%11)c%11ccc(-c%12ccc%13c(c%12)oc%12cc%14oc(-c%15ccccc%15)nc%14cc%12%13)cc%11)cccc%10c89)c7)oc6cc45)cc3)c3ccc4c(c3)oc3ccccc34)cc2)cc1. The molecule has 10 nitrogen and oxygen atoms in total. The highest BCUT2D eigenvalue weighted by Gasteiger charge is 2.25. The standard InChI is InChI=1S/C98H58N4O6/c1-4-15-59(16-5-1)61-29-39-70(40-30-61)101(74-47-50-77-76-23-10-11-27-86(76)103-90(77)54-74)71-41-33-63(34-42-71)67-38-49-79-82-56-93-84(57-91(82)104-89(79)53-67)100-98(107-93)69-22-12-21-68(51-69)75-24-14-28-87-95(75)80-25-13-26-85(96(80)106-87)102(72-43-31-62(32-44-72)60-17-6-2-7-18-60)73-45-35-64(36-46-73)66-37-48-78-81-55-83-94(58-92(81)105-88(78)52-66)108-97(99-83)65-19-8-3-9-20-65/h1-58H. The number of fused-ring (bicyclic) bond motifs is 14. The molecule has 0 radical (unpaired) electrons. The molecule has 0 amide bonds. The summed E-state index contributed by atoms with van der Waals surface area (Å²) in [4.78, 5) is 14.5. The zero-order valence-corrected chi connectivity index (χ0v) is 57.7. The van der Waals surface area contributed by atoms with Gasteiger partial charge in [0.25, 0.3) is 0 Å². The van der Waals surface area contributed by atoms with Gasteiger partial charge in [-0.05, 0) is 195 Å².